The second kappa shape index (κ2) is 9.60. The van der Waals surface area contributed by atoms with Gasteiger partial charge in [-0.2, -0.15) is 0 Å². The van der Waals surface area contributed by atoms with Crippen LogP contribution in [0.2, 0.25) is 0 Å². The van der Waals surface area contributed by atoms with Crippen LogP contribution in [-0.4, -0.2) is 11.7 Å². The smallest absolute Gasteiger partial charge is 0.0430 e. The van der Waals surface area contributed by atoms with Crippen molar-refractivity contribution in [1.29, 1.82) is 0 Å². The summed E-state index contributed by atoms with van der Waals surface area (Å²) in [5.41, 5.74) is 0. The molecule has 0 heterocycles. The van der Waals surface area contributed by atoms with Crippen molar-refractivity contribution in [3.8, 4) is 0 Å². The van der Waals surface area contributed by atoms with Gasteiger partial charge in [-0.15, -0.1) is 0 Å². The molecule has 0 radical (unpaired) electrons. The maximum absolute atomic E-state index is 8.07. The normalized spacial score (nSPS) is 7.00. The SMILES string of the molecule is CCCCO.[Ce]. The van der Waals surface area contributed by atoms with Gasteiger partial charge >= 0.3 is 0 Å². The van der Waals surface area contributed by atoms with E-state index in [4.69, 9.17) is 5.11 Å². The van der Waals surface area contributed by atoms with Crippen molar-refractivity contribution in [2.24, 2.45) is 0 Å². The second-order valence-electron chi connectivity index (χ2n) is 1.08. The molecule has 0 amide bonds. The van der Waals surface area contributed by atoms with Crippen LogP contribution in [0.4, 0.5) is 0 Å². The van der Waals surface area contributed by atoms with Gasteiger partial charge in [-0.05, 0) is 6.42 Å². The van der Waals surface area contributed by atoms with E-state index in [1.165, 1.54) is 0 Å². The van der Waals surface area contributed by atoms with E-state index >= 15 is 0 Å². The molecule has 6 heavy (non-hydrogen) atoms. The summed E-state index contributed by atoms with van der Waals surface area (Å²) in [4.78, 5) is 0. The van der Waals surface area contributed by atoms with Crippen molar-refractivity contribution < 1.29 is 46.9 Å². The number of rotatable bonds is 2. The van der Waals surface area contributed by atoms with Crippen molar-refractivity contribution in [2.75, 3.05) is 6.61 Å². The quantitative estimate of drug-likeness (QED) is 0.720. The molecule has 0 saturated carbocycles. The number of hydrogen-bond acceptors (Lipinski definition) is 1. The Morgan fingerprint density at radius 3 is 2.00 bits per heavy atom. The molecule has 0 atom stereocenters. The molecule has 0 aliphatic heterocycles. The third kappa shape index (κ3) is 9.01. The Morgan fingerprint density at radius 2 is 2.00 bits per heavy atom. The average Bonchev–Trinajstić information content (AvgIpc) is 1.41. The Hall–Kier alpha value is 1.34. The van der Waals surface area contributed by atoms with E-state index in [1.54, 1.807) is 0 Å². The topological polar surface area (TPSA) is 20.2 Å². The van der Waals surface area contributed by atoms with Crippen molar-refractivity contribution in [1.82, 2.24) is 0 Å². The van der Waals surface area contributed by atoms with E-state index in [-0.39, 0.29) is 41.7 Å². The predicted octanol–water partition coefficient (Wildman–Crippen LogP) is 0.779. The third-order valence-corrected chi connectivity index (χ3v) is 0.512. The molecule has 1 N–H and O–H groups in total. The number of aliphatic hydroxyl groups is 1. The molecule has 0 aliphatic carbocycles. The van der Waals surface area contributed by atoms with E-state index < -0.39 is 0 Å². The van der Waals surface area contributed by atoms with E-state index in [0.29, 0.717) is 6.61 Å². The van der Waals surface area contributed by atoms with Crippen molar-refractivity contribution in [3.63, 3.8) is 0 Å². The maximum atomic E-state index is 8.07. The first-order chi connectivity index (χ1) is 2.41. The summed E-state index contributed by atoms with van der Waals surface area (Å²) in [6, 6.07) is 0. The van der Waals surface area contributed by atoms with Gasteiger partial charge in [0.15, 0.2) is 0 Å². The summed E-state index contributed by atoms with van der Waals surface area (Å²) in [7, 11) is 0. The first kappa shape index (κ1) is 10.3. The zero-order valence-electron chi connectivity index (χ0n) is 4.07. The fraction of sp³-hybridized carbons (Fsp3) is 1.00. The Bertz CT molecular complexity index is 15.0. The minimum Gasteiger partial charge on any atom is -0.396 e. The molecular formula is C4H10CeO. The molecule has 36 valence electrons. The van der Waals surface area contributed by atoms with Gasteiger partial charge < -0.3 is 5.11 Å². The van der Waals surface area contributed by atoms with Crippen LogP contribution in [0.15, 0.2) is 0 Å². The summed E-state index contributed by atoms with van der Waals surface area (Å²) in [5.74, 6) is 0. The Balaban J connectivity index is 0. The van der Waals surface area contributed by atoms with Gasteiger partial charge in [0.05, 0.1) is 0 Å². The van der Waals surface area contributed by atoms with Crippen LogP contribution >= 0.6 is 0 Å². The molecule has 0 aromatic heterocycles. The first-order valence-corrected chi connectivity index (χ1v) is 2.02. The zero-order chi connectivity index (χ0) is 4.12. The summed E-state index contributed by atoms with van der Waals surface area (Å²) in [6.45, 7) is 2.40. The molecule has 0 bridgehead atoms. The van der Waals surface area contributed by atoms with Gasteiger partial charge in [-0.25, -0.2) is 0 Å². The first-order valence-electron chi connectivity index (χ1n) is 2.02. The van der Waals surface area contributed by atoms with Crippen LogP contribution in [0.25, 0.3) is 0 Å². The molecule has 0 rings (SSSR count). The maximum Gasteiger partial charge on any atom is 0.0430 e. The minimum absolute atomic E-state index is 0. The Labute approximate surface area is 72.5 Å². The fourth-order valence-electron chi connectivity index (χ4n) is 0.158. The van der Waals surface area contributed by atoms with Gasteiger partial charge in [-0.3, -0.25) is 0 Å². The molecule has 0 spiro atoms. The summed E-state index contributed by atoms with van der Waals surface area (Å²) >= 11 is 0. The third-order valence-electron chi connectivity index (χ3n) is 0.512. The van der Waals surface area contributed by atoms with Crippen LogP contribution in [0.5, 0.6) is 0 Å². The van der Waals surface area contributed by atoms with Crippen LogP contribution in [0.1, 0.15) is 19.8 Å². The summed E-state index contributed by atoms with van der Waals surface area (Å²) in [5, 5.41) is 8.07. The predicted molar refractivity (Wildman–Crippen MR) is 22.0 cm³/mol. The van der Waals surface area contributed by atoms with Crippen LogP contribution in [0, 0.1) is 41.7 Å². The van der Waals surface area contributed by atoms with E-state index in [9.17, 15) is 0 Å². The molecular weight excluding hydrogens is 204 g/mol. The standard InChI is InChI=1S/C4H10O.Ce/c1-2-3-4-5;/h5H,2-4H2,1H3;. The van der Waals surface area contributed by atoms with Gasteiger partial charge in [0.25, 0.3) is 0 Å². The van der Waals surface area contributed by atoms with E-state index in [0.717, 1.165) is 12.8 Å². The number of unbranched alkanes of at least 4 members (excludes halogenated alkanes) is 1. The van der Waals surface area contributed by atoms with Crippen LogP contribution in [0.3, 0.4) is 0 Å². The van der Waals surface area contributed by atoms with Gasteiger partial charge in [0.1, 0.15) is 0 Å². The van der Waals surface area contributed by atoms with Gasteiger partial charge in [0.2, 0.25) is 0 Å². The van der Waals surface area contributed by atoms with Gasteiger partial charge in [-0.1, -0.05) is 13.3 Å². The van der Waals surface area contributed by atoms with Crippen molar-refractivity contribution in [3.05, 3.63) is 0 Å². The monoisotopic (exact) mass is 214 g/mol. The summed E-state index contributed by atoms with van der Waals surface area (Å²) < 4.78 is 0. The average molecular weight is 214 g/mol. The number of hydrogen-bond donors (Lipinski definition) is 1. The molecule has 0 fully saturated rings. The molecule has 0 aromatic carbocycles. The minimum atomic E-state index is 0. The van der Waals surface area contributed by atoms with Crippen LogP contribution < -0.4 is 0 Å². The molecule has 0 aromatic rings. The Morgan fingerprint density at radius 1 is 1.50 bits per heavy atom. The molecule has 0 saturated heterocycles. The largest absolute Gasteiger partial charge is 0.396 e. The molecule has 0 unspecified atom stereocenters. The van der Waals surface area contributed by atoms with Crippen LogP contribution in [-0.2, 0) is 0 Å². The molecule has 0 aliphatic rings. The second-order valence-corrected chi connectivity index (χ2v) is 1.08. The molecule has 2 heteroatoms. The van der Waals surface area contributed by atoms with E-state index in [1.807, 2.05) is 0 Å². The fourth-order valence-corrected chi connectivity index (χ4v) is 0.158. The van der Waals surface area contributed by atoms with Gasteiger partial charge in [0, 0.05) is 48.4 Å². The summed E-state index contributed by atoms with van der Waals surface area (Å²) in [6.07, 6.45) is 2.04. The zero-order valence-corrected chi connectivity index (χ0v) is 7.21. The van der Waals surface area contributed by atoms with Crippen molar-refractivity contribution in [2.45, 2.75) is 19.8 Å². The number of aliphatic hydroxyl groups excluding tert-OH is 1. The van der Waals surface area contributed by atoms with Crippen molar-refractivity contribution >= 4 is 0 Å². The van der Waals surface area contributed by atoms with E-state index in [2.05, 4.69) is 6.92 Å². The molecule has 1 nitrogen and oxygen atoms in total. The Kier molecular flexibility index (Phi) is 16.5.